The molecule has 0 atom stereocenters. The first-order chi connectivity index (χ1) is 11.6. The van der Waals surface area contributed by atoms with Crippen LogP contribution in [0.5, 0.6) is 0 Å². The van der Waals surface area contributed by atoms with Crippen molar-refractivity contribution in [2.45, 2.75) is 44.8 Å². The van der Waals surface area contributed by atoms with Gasteiger partial charge in [-0.05, 0) is 33.6 Å². The van der Waals surface area contributed by atoms with Crippen LogP contribution in [0.25, 0.3) is 4.85 Å². The van der Waals surface area contributed by atoms with Gasteiger partial charge in [-0.25, -0.2) is 11.4 Å². The standard InChI is InChI=1S/C16H24N6O3/c1-15(2,3)25-14(24)21-7-5-16(6-8-21,10-19-4)22-9-11(17)12(20-22)13(18)23/h9H,5-8,10,17H2,1-3H3,(H2,18,23). The van der Waals surface area contributed by atoms with Gasteiger partial charge in [0.05, 0.1) is 5.69 Å². The summed E-state index contributed by atoms with van der Waals surface area (Å²) < 4.78 is 6.95. The smallest absolute Gasteiger partial charge is 0.410 e. The van der Waals surface area contributed by atoms with Gasteiger partial charge >= 0.3 is 6.09 Å². The molecular weight excluding hydrogens is 324 g/mol. The van der Waals surface area contributed by atoms with Crippen LogP contribution in [0.3, 0.4) is 0 Å². The number of hydrogen-bond donors (Lipinski definition) is 2. The number of aromatic nitrogens is 2. The van der Waals surface area contributed by atoms with E-state index in [1.807, 2.05) is 20.8 Å². The molecule has 1 aliphatic rings. The third-order valence-corrected chi connectivity index (χ3v) is 4.18. The normalized spacial score (nSPS) is 17.0. The zero-order chi connectivity index (χ0) is 18.8. The molecule has 2 amide bonds. The second kappa shape index (κ2) is 6.63. The Morgan fingerprint density at radius 3 is 2.44 bits per heavy atom. The Hall–Kier alpha value is -2.76. The summed E-state index contributed by atoms with van der Waals surface area (Å²) in [5, 5.41) is 4.19. The summed E-state index contributed by atoms with van der Waals surface area (Å²) in [4.78, 5) is 28.7. The molecule has 1 aliphatic heterocycles. The first kappa shape index (κ1) is 18.6. The SMILES string of the molecule is [C-]#[N+]CC1(n2cc(N)c(C(N)=O)n2)CCN(C(=O)OC(C)(C)C)CC1. The summed E-state index contributed by atoms with van der Waals surface area (Å²) >= 11 is 0. The number of nitrogen functional groups attached to an aromatic ring is 1. The molecule has 0 aliphatic carbocycles. The summed E-state index contributed by atoms with van der Waals surface area (Å²) in [6, 6.07) is 0. The van der Waals surface area contributed by atoms with E-state index in [-0.39, 0.29) is 24.0 Å². The minimum absolute atomic E-state index is 0.000993. The highest BCUT2D eigenvalue weighted by Crippen LogP contribution is 2.32. The van der Waals surface area contributed by atoms with Crippen LogP contribution in [0.15, 0.2) is 6.20 Å². The molecule has 0 bridgehead atoms. The fraction of sp³-hybridized carbons (Fsp3) is 0.625. The highest BCUT2D eigenvalue weighted by Gasteiger charge is 2.42. The topological polar surface area (TPSA) is 121 Å². The van der Waals surface area contributed by atoms with Crippen molar-refractivity contribution in [1.82, 2.24) is 14.7 Å². The van der Waals surface area contributed by atoms with Gasteiger partial charge in [-0.1, -0.05) is 0 Å². The lowest BCUT2D eigenvalue weighted by Crippen LogP contribution is -2.50. The van der Waals surface area contributed by atoms with Gasteiger partial charge in [0.1, 0.15) is 11.1 Å². The van der Waals surface area contributed by atoms with E-state index in [1.54, 1.807) is 9.58 Å². The Morgan fingerprint density at radius 2 is 2.00 bits per heavy atom. The van der Waals surface area contributed by atoms with Gasteiger partial charge in [0.25, 0.3) is 5.91 Å². The number of nitrogens with zero attached hydrogens (tertiary/aromatic N) is 4. The number of amides is 2. The Balaban J connectivity index is 2.19. The monoisotopic (exact) mass is 348 g/mol. The van der Waals surface area contributed by atoms with E-state index < -0.39 is 17.0 Å². The van der Waals surface area contributed by atoms with Crippen LogP contribution >= 0.6 is 0 Å². The van der Waals surface area contributed by atoms with Gasteiger partial charge in [-0.3, -0.25) is 9.48 Å². The molecule has 136 valence electrons. The third-order valence-electron chi connectivity index (χ3n) is 4.18. The maximum Gasteiger partial charge on any atom is 0.410 e. The van der Waals surface area contributed by atoms with E-state index in [9.17, 15) is 9.59 Å². The Kier molecular flexibility index (Phi) is 4.92. The highest BCUT2D eigenvalue weighted by molar-refractivity contribution is 5.95. The molecule has 1 saturated heterocycles. The van der Waals surface area contributed by atoms with Crippen molar-refractivity contribution >= 4 is 17.7 Å². The Morgan fingerprint density at radius 1 is 1.40 bits per heavy atom. The molecule has 9 heteroatoms. The highest BCUT2D eigenvalue weighted by atomic mass is 16.6. The molecule has 25 heavy (non-hydrogen) atoms. The summed E-state index contributed by atoms with van der Waals surface area (Å²) in [5.41, 5.74) is 10.1. The lowest BCUT2D eigenvalue weighted by molar-refractivity contribution is 0.0117. The number of hydrogen-bond acceptors (Lipinski definition) is 5. The molecule has 0 aromatic carbocycles. The van der Waals surface area contributed by atoms with Crippen molar-refractivity contribution in [3.05, 3.63) is 23.3 Å². The maximum atomic E-state index is 12.2. The van der Waals surface area contributed by atoms with Crippen LogP contribution in [0.2, 0.25) is 0 Å². The van der Waals surface area contributed by atoms with Crippen molar-refractivity contribution in [3.63, 3.8) is 0 Å². The molecule has 0 saturated carbocycles. The van der Waals surface area contributed by atoms with Crippen LogP contribution < -0.4 is 11.5 Å². The summed E-state index contributed by atoms with van der Waals surface area (Å²) in [6.45, 7) is 13.7. The van der Waals surface area contributed by atoms with Crippen molar-refractivity contribution in [1.29, 1.82) is 0 Å². The fourth-order valence-electron chi connectivity index (χ4n) is 2.86. The molecule has 4 N–H and O–H groups in total. The Bertz CT molecular complexity index is 704. The largest absolute Gasteiger partial charge is 0.444 e. The molecule has 1 aromatic heterocycles. The molecule has 0 radical (unpaired) electrons. The minimum Gasteiger partial charge on any atom is -0.444 e. The van der Waals surface area contributed by atoms with Crippen LogP contribution in [0.1, 0.15) is 44.1 Å². The number of anilines is 1. The van der Waals surface area contributed by atoms with Gasteiger partial charge < -0.3 is 25.9 Å². The average molecular weight is 348 g/mol. The fourth-order valence-corrected chi connectivity index (χ4v) is 2.86. The number of primary amides is 1. The van der Waals surface area contributed by atoms with E-state index in [0.29, 0.717) is 25.9 Å². The molecule has 0 unspecified atom stereocenters. The van der Waals surface area contributed by atoms with E-state index in [2.05, 4.69) is 9.94 Å². The third kappa shape index (κ3) is 4.02. The van der Waals surface area contributed by atoms with Crippen molar-refractivity contribution in [2.75, 3.05) is 25.4 Å². The molecule has 1 aromatic rings. The van der Waals surface area contributed by atoms with Gasteiger partial charge in [0, 0.05) is 19.3 Å². The summed E-state index contributed by atoms with van der Waals surface area (Å²) in [5.74, 6) is -0.708. The minimum atomic E-state index is -0.708. The van der Waals surface area contributed by atoms with Gasteiger partial charge in [-0.2, -0.15) is 5.10 Å². The second-order valence-electron chi connectivity index (χ2n) is 7.25. The van der Waals surface area contributed by atoms with Gasteiger partial charge in [-0.15, -0.1) is 0 Å². The van der Waals surface area contributed by atoms with Crippen molar-refractivity contribution < 1.29 is 14.3 Å². The second-order valence-corrected chi connectivity index (χ2v) is 7.25. The maximum absolute atomic E-state index is 12.2. The number of carbonyl (C=O) groups excluding carboxylic acids is 2. The summed E-state index contributed by atoms with van der Waals surface area (Å²) in [6.07, 6.45) is 2.18. The van der Waals surface area contributed by atoms with Crippen LogP contribution in [0, 0.1) is 6.57 Å². The first-order valence-electron chi connectivity index (χ1n) is 8.04. The van der Waals surface area contributed by atoms with Crippen LogP contribution in [-0.4, -0.2) is 51.9 Å². The predicted octanol–water partition coefficient (Wildman–Crippen LogP) is 1.21. The Labute approximate surface area is 146 Å². The predicted molar refractivity (Wildman–Crippen MR) is 91.6 cm³/mol. The van der Waals surface area contributed by atoms with Crippen molar-refractivity contribution in [2.24, 2.45) is 5.73 Å². The number of piperidine rings is 1. The quantitative estimate of drug-likeness (QED) is 0.795. The van der Waals surface area contributed by atoms with E-state index in [1.165, 1.54) is 6.20 Å². The molecule has 2 heterocycles. The molecule has 2 rings (SSSR count). The van der Waals surface area contributed by atoms with Crippen molar-refractivity contribution in [3.8, 4) is 0 Å². The van der Waals surface area contributed by atoms with Gasteiger partial charge in [0.2, 0.25) is 6.54 Å². The molecular formula is C16H24N6O3. The van der Waals surface area contributed by atoms with E-state index in [4.69, 9.17) is 22.8 Å². The lowest BCUT2D eigenvalue weighted by atomic mass is 9.87. The lowest BCUT2D eigenvalue weighted by Gasteiger charge is -2.39. The number of carbonyl (C=O) groups is 2. The van der Waals surface area contributed by atoms with Crippen LogP contribution in [-0.2, 0) is 10.3 Å². The zero-order valence-corrected chi connectivity index (χ0v) is 14.8. The average Bonchev–Trinajstić information content (AvgIpc) is 2.89. The number of nitrogens with two attached hydrogens (primary N) is 2. The number of ether oxygens (including phenoxy) is 1. The number of likely N-dealkylation sites (tertiary alicyclic amines) is 1. The first-order valence-corrected chi connectivity index (χ1v) is 8.04. The molecule has 9 nitrogen and oxygen atoms in total. The zero-order valence-electron chi connectivity index (χ0n) is 14.8. The number of rotatable bonds is 3. The summed E-state index contributed by atoms with van der Waals surface area (Å²) in [7, 11) is 0. The molecule has 1 fully saturated rings. The van der Waals surface area contributed by atoms with Gasteiger partial charge in [0.15, 0.2) is 5.69 Å². The van der Waals surface area contributed by atoms with E-state index >= 15 is 0 Å². The van der Waals surface area contributed by atoms with E-state index in [0.717, 1.165) is 0 Å². The van der Waals surface area contributed by atoms with Crippen LogP contribution in [0.4, 0.5) is 10.5 Å². The molecule has 0 spiro atoms.